The summed E-state index contributed by atoms with van der Waals surface area (Å²) in [6.07, 6.45) is 2.62. The van der Waals surface area contributed by atoms with Gasteiger partial charge in [0.25, 0.3) is 5.91 Å². The van der Waals surface area contributed by atoms with Gasteiger partial charge in [0, 0.05) is 17.0 Å². The third kappa shape index (κ3) is 1.87. The molecule has 2 atom stereocenters. The predicted molar refractivity (Wildman–Crippen MR) is 83.6 cm³/mol. The lowest BCUT2D eigenvalue weighted by Gasteiger charge is -2.36. The molecule has 2 aromatic rings. The Labute approximate surface area is 131 Å². The van der Waals surface area contributed by atoms with E-state index in [4.69, 9.17) is 5.11 Å². The number of carboxylic acids is 1. The van der Waals surface area contributed by atoms with Crippen LogP contribution in [-0.4, -0.2) is 27.4 Å². The third-order valence-electron chi connectivity index (χ3n) is 4.22. The van der Waals surface area contributed by atoms with E-state index in [9.17, 15) is 9.59 Å². The minimum absolute atomic E-state index is 0.0136. The molecule has 0 radical (unpaired) electrons. The molecule has 5 nitrogen and oxygen atoms in total. The molecule has 0 saturated heterocycles. The number of benzene rings is 1. The molecular weight excluding hydrogens is 300 g/mol. The Kier molecular flexibility index (Phi) is 3.00. The van der Waals surface area contributed by atoms with Gasteiger partial charge in [0.2, 0.25) is 0 Å². The van der Waals surface area contributed by atoms with E-state index in [1.807, 2.05) is 47.3 Å². The average Bonchev–Trinajstić information content (AvgIpc) is 3.09. The maximum Gasteiger partial charge on any atom is 0.313 e. The zero-order chi connectivity index (χ0) is 15.3. The number of hydrogen-bond acceptors (Lipinski definition) is 3. The van der Waals surface area contributed by atoms with E-state index in [2.05, 4.69) is 0 Å². The Morgan fingerprint density at radius 1 is 1.27 bits per heavy atom. The SMILES string of the molecule is O=C(O)CS[C@@H]1C[C@H]2c3ccccc3C(=O)N2n2cccc21. The number of thioether (sulfide) groups is 1. The van der Waals surface area contributed by atoms with Crippen molar-refractivity contribution in [1.29, 1.82) is 0 Å². The van der Waals surface area contributed by atoms with E-state index in [1.54, 1.807) is 5.01 Å². The maximum atomic E-state index is 12.7. The van der Waals surface area contributed by atoms with Gasteiger partial charge in [0.15, 0.2) is 0 Å². The molecule has 2 aliphatic rings. The van der Waals surface area contributed by atoms with Crippen LogP contribution in [0.25, 0.3) is 0 Å². The standard InChI is InChI=1S/C16H14N2O3S/c19-15(20)9-22-14-8-13-10-4-1-2-5-11(10)16(21)18(13)17-7-3-6-12(14)17/h1-7,13-14H,8-9H2,(H,19,20)/t13-,14+/m0/s1. The minimum atomic E-state index is -0.812. The molecule has 0 saturated carbocycles. The van der Waals surface area contributed by atoms with Crippen molar-refractivity contribution in [3.63, 3.8) is 0 Å². The highest BCUT2D eigenvalue weighted by Crippen LogP contribution is 2.47. The lowest BCUT2D eigenvalue weighted by atomic mass is 9.99. The van der Waals surface area contributed by atoms with E-state index in [-0.39, 0.29) is 23.0 Å². The summed E-state index contributed by atoms with van der Waals surface area (Å²) < 4.78 is 1.88. The summed E-state index contributed by atoms with van der Waals surface area (Å²) >= 11 is 1.42. The molecule has 0 aliphatic carbocycles. The van der Waals surface area contributed by atoms with Crippen LogP contribution < -0.4 is 5.01 Å². The van der Waals surface area contributed by atoms with E-state index in [0.717, 1.165) is 23.2 Å². The van der Waals surface area contributed by atoms with Gasteiger partial charge in [0.1, 0.15) is 0 Å². The molecular formula is C16H14N2O3S. The molecule has 0 spiro atoms. The zero-order valence-electron chi connectivity index (χ0n) is 11.7. The summed E-state index contributed by atoms with van der Waals surface area (Å²) in [5.41, 5.74) is 2.77. The van der Waals surface area contributed by atoms with Gasteiger partial charge in [-0.1, -0.05) is 18.2 Å². The van der Waals surface area contributed by atoms with Crippen molar-refractivity contribution in [2.75, 3.05) is 10.8 Å². The highest BCUT2D eigenvalue weighted by atomic mass is 32.2. The molecule has 0 unspecified atom stereocenters. The van der Waals surface area contributed by atoms with Gasteiger partial charge in [-0.15, -0.1) is 11.8 Å². The normalized spacial score (nSPS) is 22.2. The number of carbonyl (C=O) groups excluding carboxylic acids is 1. The molecule has 1 N–H and O–H groups in total. The Hall–Kier alpha value is -2.21. The number of aromatic nitrogens is 1. The Bertz CT molecular complexity index is 770. The second kappa shape index (κ2) is 4.91. The number of hydrogen-bond donors (Lipinski definition) is 1. The van der Waals surface area contributed by atoms with Crippen LogP contribution in [0.1, 0.15) is 39.3 Å². The maximum absolute atomic E-state index is 12.7. The van der Waals surface area contributed by atoms with Crippen molar-refractivity contribution in [3.05, 3.63) is 59.4 Å². The molecule has 1 amide bonds. The average molecular weight is 314 g/mol. The quantitative estimate of drug-likeness (QED) is 0.946. The first-order valence-corrected chi connectivity index (χ1v) is 8.15. The summed E-state index contributed by atoms with van der Waals surface area (Å²) in [6.45, 7) is 0. The lowest BCUT2D eigenvalue weighted by molar-refractivity contribution is -0.133. The summed E-state index contributed by atoms with van der Waals surface area (Å²) in [5, 5.41) is 10.8. The molecule has 1 aromatic carbocycles. The number of aliphatic carboxylic acids is 1. The van der Waals surface area contributed by atoms with Crippen LogP contribution in [0.15, 0.2) is 42.6 Å². The van der Waals surface area contributed by atoms with Crippen molar-refractivity contribution in [2.45, 2.75) is 17.7 Å². The fourth-order valence-electron chi connectivity index (χ4n) is 3.34. The van der Waals surface area contributed by atoms with Gasteiger partial charge in [-0.25, -0.2) is 5.01 Å². The summed E-state index contributed by atoms with van der Waals surface area (Å²) in [7, 11) is 0. The largest absolute Gasteiger partial charge is 0.481 e. The Morgan fingerprint density at radius 2 is 2.09 bits per heavy atom. The lowest BCUT2D eigenvalue weighted by Crippen LogP contribution is -2.42. The van der Waals surface area contributed by atoms with Crippen molar-refractivity contribution in [3.8, 4) is 0 Å². The van der Waals surface area contributed by atoms with Crippen LogP contribution in [0.5, 0.6) is 0 Å². The number of amides is 1. The number of nitrogens with zero attached hydrogens (tertiary/aromatic N) is 2. The van der Waals surface area contributed by atoms with Crippen molar-refractivity contribution < 1.29 is 14.7 Å². The zero-order valence-corrected chi connectivity index (χ0v) is 12.5. The van der Waals surface area contributed by atoms with Gasteiger partial charge in [-0.3, -0.25) is 14.3 Å². The summed E-state index contributed by atoms with van der Waals surface area (Å²) in [4.78, 5) is 23.5. The molecule has 4 rings (SSSR count). The molecule has 3 heterocycles. The predicted octanol–water partition coefficient (Wildman–Crippen LogP) is 2.58. The number of carbonyl (C=O) groups is 2. The highest BCUT2D eigenvalue weighted by Gasteiger charge is 2.43. The summed E-state index contributed by atoms with van der Waals surface area (Å²) in [6, 6.07) is 11.5. The Balaban J connectivity index is 1.76. The minimum Gasteiger partial charge on any atom is -0.481 e. The molecule has 22 heavy (non-hydrogen) atoms. The van der Waals surface area contributed by atoms with Crippen molar-refractivity contribution in [2.24, 2.45) is 0 Å². The fourth-order valence-corrected chi connectivity index (χ4v) is 4.36. The molecule has 6 heteroatoms. The fraction of sp³-hybridized carbons (Fsp3) is 0.250. The van der Waals surface area contributed by atoms with Crippen LogP contribution >= 0.6 is 11.8 Å². The first-order valence-electron chi connectivity index (χ1n) is 7.10. The van der Waals surface area contributed by atoms with E-state index >= 15 is 0 Å². The number of rotatable bonds is 3. The second-order valence-corrected chi connectivity index (χ2v) is 6.65. The first-order chi connectivity index (χ1) is 10.7. The van der Waals surface area contributed by atoms with Crippen LogP contribution in [0.3, 0.4) is 0 Å². The van der Waals surface area contributed by atoms with E-state index < -0.39 is 5.97 Å². The van der Waals surface area contributed by atoms with Crippen LogP contribution in [0.2, 0.25) is 0 Å². The highest BCUT2D eigenvalue weighted by molar-refractivity contribution is 8.00. The smallest absolute Gasteiger partial charge is 0.313 e. The topological polar surface area (TPSA) is 62.5 Å². The van der Waals surface area contributed by atoms with Crippen molar-refractivity contribution >= 4 is 23.6 Å². The molecule has 2 aliphatic heterocycles. The van der Waals surface area contributed by atoms with E-state index in [1.165, 1.54) is 11.8 Å². The van der Waals surface area contributed by atoms with Gasteiger partial charge in [0.05, 0.1) is 17.5 Å². The van der Waals surface area contributed by atoms with Crippen molar-refractivity contribution in [1.82, 2.24) is 4.68 Å². The van der Waals surface area contributed by atoms with Gasteiger partial charge in [-0.2, -0.15) is 0 Å². The molecule has 0 bridgehead atoms. The van der Waals surface area contributed by atoms with Gasteiger partial charge >= 0.3 is 5.97 Å². The van der Waals surface area contributed by atoms with Gasteiger partial charge in [-0.05, 0) is 30.2 Å². The number of carboxylic acid groups (broad SMARTS) is 1. The van der Waals surface area contributed by atoms with Gasteiger partial charge < -0.3 is 5.11 Å². The molecule has 112 valence electrons. The Morgan fingerprint density at radius 3 is 2.91 bits per heavy atom. The third-order valence-corrected chi connectivity index (χ3v) is 5.47. The summed E-state index contributed by atoms with van der Waals surface area (Å²) in [5.74, 6) is -0.730. The first kappa shape index (κ1) is 13.5. The number of fused-ring (bicyclic) bond motifs is 5. The van der Waals surface area contributed by atoms with Crippen LogP contribution in [-0.2, 0) is 4.79 Å². The van der Waals surface area contributed by atoms with E-state index in [0.29, 0.717) is 0 Å². The second-order valence-electron chi connectivity index (χ2n) is 5.46. The van der Waals surface area contributed by atoms with Crippen LogP contribution in [0.4, 0.5) is 0 Å². The molecule has 0 fully saturated rings. The monoisotopic (exact) mass is 314 g/mol. The van der Waals surface area contributed by atoms with Crippen LogP contribution in [0, 0.1) is 0 Å². The molecule has 1 aromatic heterocycles.